The van der Waals surface area contributed by atoms with Gasteiger partial charge in [-0.15, -0.1) is 11.8 Å². The van der Waals surface area contributed by atoms with E-state index in [1.165, 1.54) is 16.0 Å². The predicted octanol–water partition coefficient (Wildman–Crippen LogP) is 7.33. The first-order valence-electron chi connectivity index (χ1n) is 10.1. The molecule has 4 aromatic carbocycles. The maximum atomic E-state index is 12.8. The minimum absolute atomic E-state index is 0.165. The van der Waals surface area contributed by atoms with Gasteiger partial charge in [-0.25, -0.2) is 0 Å². The van der Waals surface area contributed by atoms with E-state index in [-0.39, 0.29) is 5.91 Å². The molecule has 0 fully saturated rings. The Morgan fingerprint density at radius 2 is 1.48 bits per heavy atom. The predicted molar refractivity (Wildman–Crippen MR) is 128 cm³/mol. The highest BCUT2D eigenvalue weighted by atomic mass is 32.2. The Morgan fingerprint density at radius 1 is 0.806 bits per heavy atom. The molecule has 31 heavy (non-hydrogen) atoms. The molecule has 0 atom stereocenters. The van der Waals surface area contributed by atoms with Gasteiger partial charge in [-0.1, -0.05) is 60.2 Å². The van der Waals surface area contributed by atoms with Crippen molar-refractivity contribution in [1.82, 2.24) is 0 Å². The number of amides is 1. The van der Waals surface area contributed by atoms with Crippen molar-refractivity contribution in [2.45, 2.75) is 17.6 Å². The molecule has 4 rings (SSSR count). The number of carbonyl (C=O) groups is 1. The van der Waals surface area contributed by atoms with Crippen LogP contribution in [0, 0.1) is 6.92 Å². The number of hydrogen-bond donors (Lipinski definition) is 1. The number of ether oxygens (including phenoxy) is 1. The molecule has 0 unspecified atom stereocenters. The second-order valence-corrected chi connectivity index (χ2v) is 8.21. The molecule has 154 valence electrons. The summed E-state index contributed by atoms with van der Waals surface area (Å²) in [7, 11) is 0. The van der Waals surface area contributed by atoms with Crippen molar-refractivity contribution in [3.8, 4) is 11.5 Å². The number of thioether (sulfide) groups is 1. The zero-order valence-corrected chi connectivity index (χ0v) is 18.1. The van der Waals surface area contributed by atoms with Gasteiger partial charge in [-0.2, -0.15) is 0 Å². The standard InChI is InChI=1S/C27H23NO2S/c1-20-11-17-24(18-12-20)31-19-21-13-15-22(16-14-21)27(29)28-25-9-5-6-10-26(25)30-23-7-3-2-4-8-23/h2-18H,19H2,1H3,(H,28,29). The van der Waals surface area contributed by atoms with Crippen molar-refractivity contribution >= 4 is 23.4 Å². The van der Waals surface area contributed by atoms with Crippen molar-refractivity contribution in [2.24, 2.45) is 0 Å². The largest absolute Gasteiger partial charge is 0.455 e. The van der Waals surface area contributed by atoms with Crippen LogP contribution in [-0.2, 0) is 5.75 Å². The minimum atomic E-state index is -0.165. The van der Waals surface area contributed by atoms with E-state index in [2.05, 4.69) is 36.5 Å². The SMILES string of the molecule is Cc1ccc(SCc2ccc(C(=O)Nc3ccccc3Oc3ccccc3)cc2)cc1. The average molecular weight is 426 g/mol. The van der Waals surface area contributed by atoms with Gasteiger partial charge in [0, 0.05) is 16.2 Å². The fraction of sp³-hybridized carbons (Fsp3) is 0.0741. The first kappa shape index (κ1) is 20.8. The molecule has 4 aromatic rings. The summed E-state index contributed by atoms with van der Waals surface area (Å²) in [5.74, 6) is 2.02. The number of rotatable bonds is 7. The van der Waals surface area contributed by atoms with Crippen LogP contribution in [0.5, 0.6) is 11.5 Å². The molecule has 0 spiro atoms. The van der Waals surface area contributed by atoms with Crippen molar-refractivity contribution in [2.75, 3.05) is 5.32 Å². The molecule has 3 nitrogen and oxygen atoms in total. The first-order chi connectivity index (χ1) is 15.2. The van der Waals surface area contributed by atoms with E-state index < -0.39 is 0 Å². The molecule has 0 bridgehead atoms. The Morgan fingerprint density at radius 3 is 2.23 bits per heavy atom. The molecule has 4 heteroatoms. The molecule has 0 aliphatic rings. The summed E-state index contributed by atoms with van der Waals surface area (Å²) in [6.45, 7) is 2.09. The fourth-order valence-corrected chi connectivity index (χ4v) is 3.88. The highest BCUT2D eigenvalue weighted by Crippen LogP contribution is 2.29. The Labute approximate surface area is 187 Å². The zero-order chi connectivity index (χ0) is 21.5. The van der Waals surface area contributed by atoms with Crippen molar-refractivity contribution in [1.29, 1.82) is 0 Å². The summed E-state index contributed by atoms with van der Waals surface area (Å²) in [4.78, 5) is 14.0. The normalized spacial score (nSPS) is 10.5. The van der Waals surface area contributed by atoms with Gasteiger partial charge < -0.3 is 10.1 Å². The maximum absolute atomic E-state index is 12.8. The Bertz CT molecular complexity index is 1140. The maximum Gasteiger partial charge on any atom is 0.255 e. The van der Waals surface area contributed by atoms with Gasteiger partial charge in [0.1, 0.15) is 5.75 Å². The molecule has 0 radical (unpaired) electrons. The second kappa shape index (κ2) is 10.0. The monoisotopic (exact) mass is 425 g/mol. The highest BCUT2D eigenvalue weighted by Gasteiger charge is 2.10. The summed E-state index contributed by atoms with van der Waals surface area (Å²) >= 11 is 1.78. The van der Waals surface area contributed by atoms with Crippen molar-refractivity contribution in [3.63, 3.8) is 0 Å². The quantitative estimate of drug-likeness (QED) is 0.315. The van der Waals surface area contributed by atoms with Gasteiger partial charge in [0.2, 0.25) is 0 Å². The molecule has 0 saturated carbocycles. The summed E-state index contributed by atoms with van der Waals surface area (Å²) in [6.07, 6.45) is 0. The number of benzene rings is 4. The van der Waals surface area contributed by atoms with Crippen LogP contribution in [0.3, 0.4) is 0 Å². The summed E-state index contributed by atoms with van der Waals surface area (Å²) in [6, 6.07) is 33.2. The number of carbonyl (C=O) groups excluding carboxylic acids is 1. The van der Waals surface area contributed by atoms with Gasteiger partial charge in [-0.3, -0.25) is 4.79 Å². The third-order valence-corrected chi connectivity index (χ3v) is 5.83. The summed E-state index contributed by atoms with van der Waals surface area (Å²) in [5.41, 5.74) is 3.68. The van der Waals surface area contributed by atoms with Crippen LogP contribution < -0.4 is 10.1 Å². The lowest BCUT2D eigenvalue weighted by Crippen LogP contribution is -2.12. The van der Waals surface area contributed by atoms with Gasteiger partial charge in [-0.05, 0) is 61.0 Å². The third-order valence-electron chi connectivity index (χ3n) is 4.75. The van der Waals surface area contributed by atoms with Crippen molar-refractivity contribution in [3.05, 3.63) is 120 Å². The molecule has 0 saturated heterocycles. The Hall–Kier alpha value is -3.50. The molecular formula is C27H23NO2S. The zero-order valence-electron chi connectivity index (χ0n) is 17.2. The molecule has 1 N–H and O–H groups in total. The second-order valence-electron chi connectivity index (χ2n) is 7.16. The number of aryl methyl sites for hydroxylation is 1. The molecule has 0 aliphatic heterocycles. The Balaban J connectivity index is 1.39. The minimum Gasteiger partial charge on any atom is -0.455 e. The third kappa shape index (κ3) is 5.77. The van der Waals surface area contributed by atoms with E-state index in [1.807, 2.05) is 78.9 Å². The molecule has 0 aliphatic carbocycles. The lowest BCUT2D eigenvalue weighted by atomic mass is 10.1. The van der Waals surface area contributed by atoms with Gasteiger partial charge in [0.05, 0.1) is 5.69 Å². The lowest BCUT2D eigenvalue weighted by molar-refractivity contribution is 0.102. The van der Waals surface area contributed by atoms with Gasteiger partial charge >= 0.3 is 0 Å². The van der Waals surface area contributed by atoms with E-state index in [4.69, 9.17) is 4.74 Å². The fourth-order valence-electron chi connectivity index (χ4n) is 3.02. The Kier molecular flexibility index (Phi) is 6.70. The van der Waals surface area contributed by atoms with Gasteiger partial charge in [0.15, 0.2) is 5.75 Å². The van der Waals surface area contributed by atoms with Crippen molar-refractivity contribution < 1.29 is 9.53 Å². The summed E-state index contributed by atoms with van der Waals surface area (Å²) in [5, 5.41) is 2.96. The van der Waals surface area contributed by atoms with Gasteiger partial charge in [0.25, 0.3) is 5.91 Å². The molecule has 1 amide bonds. The number of nitrogens with one attached hydrogen (secondary N) is 1. The van der Waals surface area contributed by atoms with Crippen LogP contribution in [0.25, 0.3) is 0 Å². The van der Waals surface area contributed by atoms with Crippen LogP contribution in [0.1, 0.15) is 21.5 Å². The average Bonchev–Trinajstić information content (AvgIpc) is 2.81. The lowest BCUT2D eigenvalue weighted by Gasteiger charge is -2.12. The molecular weight excluding hydrogens is 402 g/mol. The van der Waals surface area contributed by atoms with Crippen LogP contribution in [0.15, 0.2) is 108 Å². The van der Waals surface area contributed by atoms with E-state index in [0.29, 0.717) is 17.0 Å². The molecule has 0 heterocycles. The van der Waals surface area contributed by atoms with Crippen LogP contribution >= 0.6 is 11.8 Å². The number of anilines is 1. The summed E-state index contributed by atoms with van der Waals surface area (Å²) < 4.78 is 5.93. The van der Waals surface area contributed by atoms with Crippen LogP contribution in [0.2, 0.25) is 0 Å². The van der Waals surface area contributed by atoms with Crippen LogP contribution in [-0.4, -0.2) is 5.91 Å². The van der Waals surface area contributed by atoms with E-state index in [9.17, 15) is 4.79 Å². The first-order valence-corrected chi connectivity index (χ1v) is 11.1. The van der Waals surface area contributed by atoms with E-state index in [1.54, 1.807) is 11.8 Å². The number of hydrogen-bond acceptors (Lipinski definition) is 3. The van der Waals surface area contributed by atoms with E-state index in [0.717, 1.165) is 11.5 Å². The molecule has 0 aromatic heterocycles. The van der Waals surface area contributed by atoms with E-state index >= 15 is 0 Å². The topological polar surface area (TPSA) is 38.3 Å². The smallest absolute Gasteiger partial charge is 0.255 e. The van der Waals surface area contributed by atoms with Crippen LogP contribution in [0.4, 0.5) is 5.69 Å². The highest BCUT2D eigenvalue weighted by molar-refractivity contribution is 7.98. The number of para-hydroxylation sites is 3.